The molecule has 3 aromatic rings. The summed E-state index contributed by atoms with van der Waals surface area (Å²) < 4.78 is 6.29. The molecule has 1 aliphatic rings. The first-order valence-electron chi connectivity index (χ1n) is 9.46. The molecule has 1 aliphatic heterocycles. The molecular weight excluding hydrogens is 390 g/mol. The Morgan fingerprint density at radius 2 is 1.86 bits per heavy atom. The van der Waals surface area contributed by atoms with E-state index in [9.17, 15) is 4.79 Å². The van der Waals surface area contributed by atoms with Crippen molar-refractivity contribution in [1.82, 2.24) is 5.32 Å². The molecule has 2 atom stereocenters. The second kappa shape index (κ2) is 8.91. The Hall–Kier alpha value is -2.14. The number of hydrogen-bond donors (Lipinski definition) is 1. The Bertz CT molecular complexity index is 941. The summed E-state index contributed by atoms with van der Waals surface area (Å²) in [6.45, 7) is 1.15. The zero-order chi connectivity index (χ0) is 19.3. The van der Waals surface area contributed by atoms with Gasteiger partial charge in [-0.3, -0.25) is 4.79 Å². The average Bonchev–Trinajstić information content (AvgIpc) is 3.37. The van der Waals surface area contributed by atoms with Gasteiger partial charge in [-0.05, 0) is 54.1 Å². The average molecular weight is 412 g/mol. The number of carbonyl (C=O) groups is 1. The minimum absolute atomic E-state index is 0.162. The Morgan fingerprint density at radius 3 is 2.64 bits per heavy atom. The molecule has 0 unspecified atom stereocenters. The van der Waals surface area contributed by atoms with Crippen LogP contribution < -0.4 is 5.32 Å². The summed E-state index contributed by atoms with van der Waals surface area (Å²) in [6, 6.07) is 22.0. The zero-order valence-electron chi connectivity index (χ0n) is 15.4. The highest BCUT2D eigenvalue weighted by Crippen LogP contribution is 2.34. The third-order valence-electron chi connectivity index (χ3n) is 5.10. The molecule has 0 radical (unpaired) electrons. The quantitative estimate of drug-likeness (QED) is 0.557. The van der Waals surface area contributed by atoms with Crippen LogP contribution in [0.3, 0.4) is 0 Å². The van der Waals surface area contributed by atoms with Gasteiger partial charge in [-0.15, -0.1) is 11.3 Å². The van der Waals surface area contributed by atoms with Gasteiger partial charge in [0.1, 0.15) is 12.6 Å². The number of carbonyl (C=O) groups excluding carboxylic acids is 1. The van der Waals surface area contributed by atoms with Crippen LogP contribution in [0.5, 0.6) is 0 Å². The first-order valence-corrected chi connectivity index (χ1v) is 10.7. The van der Waals surface area contributed by atoms with Crippen molar-refractivity contribution in [3.8, 4) is 10.4 Å². The van der Waals surface area contributed by atoms with Crippen molar-refractivity contribution in [3.05, 3.63) is 82.2 Å². The summed E-state index contributed by atoms with van der Waals surface area (Å²) >= 11 is 7.72. The van der Waals surface area contributed by atoms with Crippen molar-refractivity contribution in [3.63, 3.8) is 0 Å². The molecule has 0 saturated carbocycles. The number of hydrogen-bond acceptors (Lipinski definition) is 4. The Labute approximate surface area is 174 Å². The van der Waals surface area contributed by atoms with Gasteiger partial charge >= 0.3 is 5.97 Å². The number of benzene rings is 2. The number of rotatable bonds is 6. The van der Waals surface area contributed by atoms with E-state index in [4.69, 9.17) is 16.3 Å². The van der Waals surface area contributed by atoms with Gasteiger partial charge in [0, 0.05) is 4.88 Å². The van der Waals surface area contributed by atoms with E-state index in [1.165, 1.54) is 16.0 Å². The van der Waals surface area contributed by atoms with Crippen molar-refractivity contribution in [1.29, 1.82) is 0 Å². The monoisotopic (exact) mass is 411 g/mol. The molecule has 28 heavy (non-hydrogen) atoms. The third kappa shape index (κ3) is 4.64. The van der Waals surface area contributed by atoms with Gasteiger partial charge in [0.25, 0.3) is 0 Å². The molecule has 5 heteroatoms. The topological polar surface area (TPSA) is 38.3 Å². The van der Waals surface area contributed by atoms with Crippen LogP contribution in [0.25, 0.3) is 10.4 Å². The molecule has 1 fully saturated rings. The van der Waals surface area contributed by atoms with Gasteiger partial charge in [-0.2, -0.15) is 0 Å². The highest BCUT2D eigenvalue weighted by molar-refractivity contribution is 7.19. The van der Waals surface area contributed by atoms with E-state index in [1.54, 1.807) is 11.3 Å². The number of ether oxygens (including phenoxy) is 1. The van der Waals surface area contributed by atoms with Crippen LogP contribution in [0.2, 0.25) is 4.34 Å². The highest BCUT2D eigenvalue weighted by atomic mass is 35.5. The summed E-state index contributed by atoms with van der Waals surface area (Å²) in [5.74, 6) is 0.246. The number of nitrogens with one attached hydrogen (secondary N) is 1. The molecule has 2 heterocycles. The number of halogens is 1. The lowest BCUT2D eigenvalue weighted by molar-refractivity contribution is -0.147. The maximum absolute atomic E-state index is 12.4. The summed E-state index contributed by atoms with van der Waals surface area (Å²) in [7, 11) is 0. The van der Waals surface area contributed by atoms with Gasteiger partial charge in [-0.25, -0.2) is 0 Å². The van der Waals surface area contributed by atoms with E-state index in [0.717, 1.165) is 29.3 Å². The first-order chi connectivity index (χ1) is 13.7. The second-order valence-electron chi connectivity index (χ2n) is 7.12. The maximum Gasteiger partial charge on any atom is 0.323 e. The second-order valence-corrected chi connectivity index (χ2v) is 8.84. The van der Waals surface area contributed by atoms with E-state index < -0.39 is 0 Å². The van der Waals surface area contributed by atoms with Crippen LogP contribution in [0.15, 0.2) is 66.7 Å². The highest BCUT2D eigenvalue weighted by Gasteiger charge is 2.31. The van der Waals surface area contributed by atoms with Crippen LogP contribution in [0.1, 0.15) is 17.5 Å². The van der Waals surface area contributed by atoms with Crippen molar-refractivity contribution in [2.45, 2.75) is 25.5 Å². The largest absolute Gasteiger partial charge is 0.460 e. The van der Waals surface area contributed by atoms with Gasteiger partial charge in [-0.1, -0.05) is 66.2 Å². The molecule has 0 amide bonds. The fraction of sp³-hybridized carbons (Fsp3) is 0.261. The third-order valence-corrected chi connectivity index (χ3v) is 6.36. The Balaban J connectivity index is 1.36. The van der Waals surface area contributed by atoms with Crippen molar-refractivity contribution in [2.24, 2.45) is 5.92 Å². The number of esters is 1. The van der Waals surface area contributed by atoms with Crippen LogP contribution in [-0.2, 0) is 22.6 Å². The summed E-state index contributed by atoms with van der Waals surface area (Å²) in [5.41, 5.74) is 3.54. The van der Waals surface area contributed by atoms with E-state index in [2.05, 4.69) is 35.6 Å². The van der Waals surface area contributed by atoms with Crippen molar-refractivity contribution < 1.29 is 9.53 Å². The van der Waals surface area contributed by atoms with E-state index in [1.807, 2.05) is 36.4 Å². The number of thiophene rings is 1. The zero-order valence-corrected chi connectivity index (χ0v) is 17.0. The first kappa shape index (κ1) is 19.2. The summed E-state index contributed by atoms with van der Waals surface area (Å²) in [5, 5.41) is 3.33. The van der Waals surface area contributed by atoms with Gasteiger partial charge in [0.15, 0.2) is 0 Å². The van der Waals surface area contributed by atoms with Crippen molar-refractivity contribution >= 4 is 28.9 Å². The van der Waals surface area contributed by atoms with E-state index >= 15 is 0 Å². The minimum Gasteiger partial charge on any atom is -0.460 e. The fourth-order valence-electron chi connectivity index (χ4n) is 3.68. The van der Waals surface area contributed by atoms with Crippen LogP contribution in [0, 0.1) is 5.92 Å². The van der Waals surface area contributed by atoms with Crippen LogP contribution in [0.4, 0.5) is 0 Å². The van der Waals surface area contributed by atoms with E-state index in [0.29, 0.717) is 12.5 Å². The molecule has 2 aromatic carbocycles. The molecule has 1 saturated heterocycles. The minimum atomic E-state index is -0.225. The smallest absolute Gasteiger partial charge is 0.323 e. The fourth-order valence-corrected chi connectivity index (χ4v) is 4.79. The predicted octanol–water partition coefficient (Wildman–Crippen LogP) is 5.33. The summed E-state index contributed by atoms with van der Waals surface area (Å²) in [6.07, 6.45) is 1.73. The van der Waals surface area contributed by atoms with Crippen molar-refractivity contribution in [2.75, 3.05) is 6.54 Å². The lowest BCUT2D eigenvalue weighted by Gasteiger charge is -2.13. The molecule has 1 N–H and O–H groups in total. The maximum atomic E-state index is 12.4. The normalized spacial score (nSPS) is 18.9. The van der Waals surface area contributed by atoms with Gasteiger partial charge in [0.2, 0.25) is 0 Å². The Morgan fingerprint density at radius 1 is 1.07 bits per heavy atom. The molecular formula is C23H22ClNO2S. The molecule has 144 valence electrons. The van der Waals surface area contributed by atoms with Gasteiger partial charge < -0.3 is 10.1 Å². The lowest BCUT2D eigenvalue weighted by Crippen LogP contribution is -2.32. The molecule has 0 spiro atoms. The van der Waals surface area contributed by atoms with Gasteiger partial charge in [0.05, 0.1) is 4.34 Å². The van der Waals surface area contributed by atoms with Crippen LogP contribution in [-0.4, -0.2) is 18.6 Å². The SMILES string of the molecule is O=C(OCc1ccccc1)[C@H]1C[C@H](Cc2ccccc2-c2ccc(Cl)s2)CN1. The molecule has 3 nitrogen and oxygen atoms in total. The Kier molecular flexibility index (Phi) is 6.10. The van der Waals surface area contributed by atoms with E-state index in [-0.39, 0.29) is 12.0 Å². The molecule has 4 rings (SSSR count). The molecule has 1 aromatic heterocycles. The predicted molar refractivity (Wildman–Crippen MR) is 115 cm³/mol. The standard InChI is InChI=1S/C23H22ClNO2S/c24-22-11-10-21(28-22)19-9-5-4-8-18(19)12-17-13-20(25-14-17)23(26)27-15-16-6-2-1-3-7-16/h1-11,17,20,25H,12-15H2/t17-,20+/m0/s1. The molecule has 0 aliphatic carbocycles. The molecule has 0 bridgehead atoms. The summed E-state index contributed by atoms with van der Waals surface area (Å²) in [4.78, 5) is 13.6. The van der Waals surface area contributed by atoms with Crippen LogP contribution >= 0.6 is 22.9 Å². The lowest BCUT2D eigenvalue weighted by atomic mass is 9.93.